The average molecular weight is 306 g/mol. The van der Waals surface area contributed by atoms with E-state index in [1.54, 1.807) is 0 Å². The SMILES string of the molecule is CCc1ncnc(NCC2CCCN(C(=O)C3CC3)C2)c1F. The summed E-state index contributed by atoms with van der Waals surface area (Å²) in [7, 11) is 0. The minimum atomic E-state index is -0.355. The van der Waals surface area contributed by atoms with Gasteiger partial charge >= 0.3 is 0 Å². The first-order chi connectivity index (χ1) is 10.7. The van der Waals surface area contributed by atoms with Gasteiger partial charge in [-0.3, -0.25) is 4.79 Å². The Morgan fingerprint density at radius 1 is 1.41 bits per heavy atom. The molecule has 2 fully saturated rings. The van der Waals surface area contributed by atoms with Gasteiger partial charge in [0.2, 0.25) is 5.91 Å². The summed E-state index contributed by atoms with van der Waals surface area (Å²) in [6.07, 6.45) is 6.13. The van der Waals surface area contributed by atoms with Crippen LogP contribution in [0.5, 0.6) is 0 Å². The van der Waals surface area contributed by atoms with E-state index in [9.17, 15) is 9.18 Å². The first-order valence-corrected chi connectivity index (χ1v) is 8.21. The highest BCUT2D eigenvalue weighted by atomic mass is 19.1. The fourth-order valence-corrected chi connectivity index (χ4v) is 3.04. The van der Waals surface area contributed by atoms with Gasteiger partial charge in [0, 0.05) is 25.6 Å². The Morgan fingerprint density at radius 2 is 2.23 bits per heavy atom. The Kier molecular flexibility index (Phi) is 4.55. The van der Waals surface area contributed by atoms with Gasteiger partial charge in [-0.1, -0.05) is 6.92 Å². The molecule has 2 heterocycles. The van der Waals surface area contributed by atoms with Crippen molar-refractivity contribution in [3.63, 3.8) is 0 Å². The van der Waals surface area contributed by atoms with Crippen LogP contribution in [0.2, 0.25) is 0 Å². The van der Waals surface area contributed by atoms with Crippen molar-refractivity contribution in [2.45, 2.75) is 39.0 Å². The monoisotopic (exact) mass is 306 g/mol. The minimum absolute atomic E-state index is 0.275. The van der Waals surface area contributed by atoms with E-state index >= 15 is 0 Å². The molecule has 1 amide bonds. The third-order valence-electron chi connectivity index (χ3n) is 4.51. The van der Waals surface area contributed by atoms with Crippen molar-refractivity contribution >= 4 is 11.7 Å². The maximum absolute atomic E-state index is 14.1. The van der Waals surface area contributed by atoms with E-state index in [2.05, 4.69) is 15.3 Å². The van der Waals surface area contributed by atoms with Crippen LogP contribution in [0.4, 0.5) is 10.2 Å². The lowest BCUT2D eigenvalue weighted by Gasteiger charge is -2.33. The van der Waals surface area contributed by atoms with Crippen LogP contribution in [0.25, 0.3) is 0 Å². The molecule has 5 nitrogen and oxygen atoms in total. The molecule has 1 N–H and O–H groups in total. The molecule has 1 saturated heterocycles. The second kappa shape index (κ2) is 6.58. The third-order valence-corrected chi connectivity index (χ3v) is 4.51. The minimum Gasteiger partial charge on any atom is -0.367 e. The highest BCUT2D eigenvalue weighted by molar-refractivity contribution is 5.81. The van der Waals surface area contributed by atoms with Crippen molar-refractivity contribution in [2.24, 2.45) is 11.8 Å². The summed E-state index contributed by atoms with van der Waals surface area (Å²) in [4.78, 5) is 22.1. The molecule has 1 saturated carbocycles. The normalized spacial score (nSPS) is 21.7. The Bertz CT molecular complexity index is 547. The Hall–Kier alpha value is -1.72. The average Bonchev–Trinajstić information content (AvgIpc) is 3.38. The number of hydrogen-bond donors (Lipinski definition) is 1. The van der Waals surface area contributed by atoms with Crippen LogP contribution in [0.15, 0.2) is 6.33 Å². The molecule has 0 spiro atoms. The largest absolute Gasteiger partial charge is 0.367 e. The van der Waals surface area contributed by atoms with Crippen molar-refractivity contribution in [3.8, 4) is 0 Å². The quantitative estimate of drug-likeness (QED) is 0.906. The van der Waals surface area contributed by atoms with E-state index in [0.717, 1.165) is 38.8 Å². The fourth-order valence-electron chi connectivity index (χ4n) is 3.04. The smallest absolute Gasteiger partial charge is 0.225 e. The number of aromatic nitrogens is 2. The van der Waals surface area contributed by atoms with Crippen LogP contribution >= 0.6 is 0 Å². The molecular weight excluding hydrogens is 283 g/mol. The number of carbonyl (C=O) groups excluding carboxylic acids is 1. The lowest BCUT2D eigenvalue weighted by Crippen LogP contribution is -2.42. The van der Waals surface area contributed by atoms with Gasteiger partial charge < -0.3 is 10.2 Å². The summed E-state index contributed by atoms with van der Waals surface area (Å²) in [5.41, 5.74) is 0.437. The predicted molar refractivity (Wildman–Crippen MR) is 81.9 cm³/mol. The zero-order valence-electron chi connectivity index (χ0n) is 13.0. The van der Waals surface area contributed by atoms with Crippen molar-refractivity contribution in [2.75, 3.05) is 25.0 Å². The lowest BCUT2D eigenvalue weighted by molar-refractivity contribution is -0.134. The number of likely N-dealkylation sites (tertiary alicyclic amines) is 1. The summed E-state index contributed by atoms with van der Waals surface area (Å²) in [6.45, 7) is 4.16. The maximum atomic E-state index is 14.1. The molecule has 6 heteroatoms. The van der Waals surface area contributed by atoms with Gasteiger partial charge in [-0.2, -0.15) is 0 Å². The van der Waals surface area contributed by atoms with E-state index < -0.39 is 0 Å². The standard InChI is InChI=1S/C16H23FN4O/c1-2-13-14(17)15(20-10-19-13)18-8-11-4-3-7-21(9-11)16(22)12-5-6-12/h10-12H,2-9H2,1H3,(H,18,19,20). The summed E-state index contributed by atoms with van der Waals surface area (Å²) >= 11 is 0. The second-order valence-corrected chi connectivity index (χ2v) is 6.28. The van der Waals surface area contributed by atoms with Gasteiger partial charge in [0.15, 0.2) is 11.6 Å². The molecule has 0 aromatic carbocycles. The van der Waals surface area contributed by atoms with Crippen molar-refractivity contribution < 1.29 is 9.18 Å². The predicted octanol–water partition coefficient (Wildman–Crippen LogP) is 2.24. The van der Waals surface area contributed by atoms with E-state index in [0.29, 0.717) is 30.5 Å². The van der Waals surface area contributed by atoms with Crippen LogP contribution < -0.4 is 5.32 Å². The number of halogens is 1. The molecule has 120 valence electrons. The zero-order chi connectivity index (χ0) is 15.5. The summed E-state index contributed by atoms with van der Waals surface area (Å²) < 4.78 is 14.1. The Labute approximate surface area is 130 Å². The van der Waals surface area contributed by atoms with Gasteiger partial charge in [-0.25, -0.2) is 14.4 Å². The molecule has 1 unspecified atom stereocenters. The van der Waals surface area contributed by atoms with Gasteiger partial charge in [-0.05, 0) is 38.0 Å². The molecule has 3 rings (SSSR count). The first kappa shape index (κ1) is 15.2. The van der Waals surface area contributed by atoms with Crippen LogP contribution in [0, 0.1) is 17.7 Å². The summed E-state index contributed by atoms with van der Waals surface area (Å²) in [6, 6.07) is 0. The maximum Gasteiger partial charge on any atom is 0.225 e. The molecule has 1 atom stereocenters. The lowest BCUT2D eigenvalue weighted by atomic mass is 9.97. The third kappa shape index (κ3) is 3.36. The highest BCUT2D eigenvalue weighted by Gasteiger charge is 2.35. The van der Waals surface area contributed by atoms with Crippen LogP contribution in [0.1, 0.15) is 38.3 Å². The number of nitrogens with one attached hydrogen (secondary N) is 1. The van der Waals surface area contributed by atoms with Gasteiger partial charge in [0.1, 0.15) is 6.33 Å². The van der Waals surface area contributed by atoms with E-state index in [1.165, 1.54) is 6.33 Å². The molecule has 1 aromatic heterocycles. The molecule has 0 bridgehead atoms. The number of anilines is 1. The Morgan fingerprint density at radius 3 is 2.95 bits per heavy atom. The number of piperidine rings is 1. The molecular formula is C16H23FN4O. The van der Waals surface area contributed by atoms with Crippen LogP contribution in [-0.2, 0) is 11.2 Å². The Balaban J connectivity index is 1.55. The molecule has 22 heavy (non-hydrogen) atoms. The number of nitrogens with zero attached hydrogens (tertiary/aromatic N) is 3. The molecule has 1 aliphatic heterocycles. The zero-order valence-corrected chi connectivity index (χ0v) is 13.0. The van der Waals surface area contributed by atoms with Gasteiger partial charge in [-0.15, -0.1) is 0 Å². The highest BCUT2D eigenvalue weighted by Crippen LogP contribution is 2.32. The van der Waals surface area contributed by atoms with E-state index in [1.807, 2.05) is 11.8 Å². The fraction of sp³-hybridized carbons (Fsp3) is 0.688. The number of hydrogen-bond acceptors (Lipinski definition) is 4. The summed E-state index contributed by atoms with van der Waals surface area (Å²) in [5.74, 6) is 0.865. The van der Waals surface area contributed by atoms with E-state index in [-0.39, 0.29) is 17.6 Å². The molecule has 0 radical (unpaired) electrons. The summed E-state index contributed by atoms with van der Waals surface area (Å²) in [5, 5.41) is 3.10. The van der Waals surface area contributed by atoms with Crippen LogP contribution in [0.3, 0.4) is 0 Å². The van der Waals surface area contributed by atoms with Crippen molar-refractivity contribution in [1.29, 1.82) is 0 Å². The first-order valence-electron chi connectivity index (χ1n) is 8.21. The number of carbonyl (C=O) groups is 1. The topological polar surface area (TPSA) is 58.1 Å². The molecule has 1 aliphatic carbocycles. The number of rotatable bonds is 5. The van der Waals surface area contributed by atoms with Crippen molar-refractivity contribution in [3.05, 3.63) is 17.8 Å². The van der Waals surface area contributed by atoms with E-state index in [4.69, 9.17) is 0 Å². The number of amides is 1. The van der Waals surface area contributed by atoms with Gasteiger partial charge in [0.25, 0.3) is 0 Å². The number of aryl methyl sites for hydroxylation is 1. The molecule has 2 aliphatic rings. The van der Waals surface area contributed by atoms with Gasteiger partial charge in [0.05, 0.1) is 5.69 Å². The van der Waals surface area contributed by atoms with Crippen LogP contribution in [-0.4, -0.2) is 40.4 Å². The van der Waals surface area contributed by atoms with Crippen molar-refractivity contribution in [1.82, 2.24) is 14.9 Å². The molecule has 1 aromatic rings. The second-order valence-electron chi connectivity index (χ2n) is 6.28.